The number of hydrogen-bond donors (Lipinski definition) is 3. The van der Waals surface area contributed by atoms with Crippen LogP contribution in [0, 0.1) is 0 Å². The number of carbonyl (C=O) groups excluding carboxylic acids is 1. The predicted molar refractivity (Wildman–Crippen MR) is 71.4 cm³/mol. The summed E-state index contributed by atoms with van der Waals surface area (Å²) in [6, 6.07) is 0. The zero-order valence-electron chi connectivity index (χ0n) is 11.2. The molecular weight excluding hydrogens is 252 g/mol. The van der Waals surface area contributed by atoms with Gasteiger partial charge in [-0.2, -0.15) is 0 Å². The molecule has 0 spiro atoms. The van der Waals surface area contributed by atoms with Gasteiger partial charge in [-0.3, -0.25) is 9.79 Å². The third-order valence-corrected chi connectivity index (χ3v) is 2.03. The van der Waals surface area contributed by atoms with E-state index < -0.39 is 0 Å². The van der Waals surface area contributed by atoms with Crippen molar-refractivity contribution in [3.63, 3.8) is 0 Å². The topological polar surface area (TPSA) is 100 Å². The Labute approximate surface area is 113 Å². The second-order valence-corrected chi connectivity index (χ2v) is 3.65. The molecule has 0 atom stereocenters. The molecule has 0 aliphatic heterocycles. The molecule has 0 aliphatic carbocycles. The third kappa shape index (κ3) is 14.9. The van der Waals surface area contributed by atoms with Crippen LogP contribution in [0.4, 0.5) is 0 Å². The van der Waals surface area contributed by atoms with E-state index in [0.29, 0.717) is 52.4 Å². The summed E-state index contributed by atoms with van der Waals surface area (Å²) in [6.45, 7) is 2.51. The molecule has 0 saturated heterocycles. The van der Waals surface area contributed by atoms with Crippen molar-refractivity contribution >= 4 is 12.1 Å². The highest BCUT2D eigenvalue weighted by atomic mass is 16.5. The van der Waals surface area contributed by atoms with Crippen LogP contribution in [0.2, 0.25) is 0 Å². The predicted octanol–water partition coefficient (Wildman–Crippen LogP) is -1.03. The normalized spacial score (nSPS) is 11.1. The summed E-state index contributed by atoms with van der Waals surface area (Å²) < 4.78 is 10.0. The Bertz CT molecular complexity index is 236. The Morgan fingerprint density at radius 2 is 1.79 bits per heavy atom. The monoisotopic (exact) mass is 276 g/mol. The Kier molecular flexibility index (Phi) is 14.2. The summed E-state index contributed by atoms with van der Waals surface area (Å²) in [5.74, 6) is -0.0458. The number of nitrogens with zero attached hydrogens (tertiary/aromatic N) is 1. The first-order valence-corrected chi connectivity index (χ1v) is 6.43. The lowest BCUT2D eigenvalue weighted by atomic mass is 10.3. The van der Waals surface area contributed by atoms with E-state index >= 15 is 0 Å². The molecule has 0 aliphatic rings. The van der Waals surface area contributed by atoms with Crippen LogP contribution < -0.4 is 5.32 Å². The van der Waals surface area contributed by atoms with Crippen molar-refractivity contribution in [2.24, 2.45) is 4.99 Å². The van der Waals surface area contributed by atoms with Gasteiger partial charge >= 0.3 is 0 Å². The van der Waals surface area contributed by atoms with Crippen molar-refractivity contribution in [3.05, 3.63) is 0 Å². The number of ether oxygens (including phenoxy) is 2. The summed E-state index contributed by atoms with van der Waals surface area (Å²) in [5, 5.41) is 19.6. The van der Waals surface area contributed by atoms with E-state index in [1.165, 1.54) is 0 Å². The number of carbonyl (C=O) groups is 1. The molecule has 0 unspecified atom stereocenters. The fourth-order valence-electron chi connectivity index (χ4n) is 1.18. The number of aliphatic imine (C=N–C) groups is 1. The maximum atomic E-state index is 11.3. The Hall–Kier alpha value is -1.02. The minimum absolute atomic E-state index is 0.00751. The number of hydrogen-bond acceptors (Lipinski definition) is 6. The molecule has 1 amide bonds. The van der Waals surface area contributed by atoms with Crippen LogP contribution in [0.5, 0.6) is 0 Å². The van der Waals surface area contributed by atoms with Crippen LogP contribution in [0.15, 0.2) is 4.99 Å². The first kappa shape index (κ1) is 18.0. The zero-order valence-corrected chi connectivity index (χ0v) is 11.2. The number of rotatable bonds is 13. The average molecular weight is 276 g/mol. The van der Waals surface area contributed by atoms with Crippen molar-refractivity contribution in [2.45, 2.75) is 12.8 Å². The molecule has 0 heterocycles. The molecule has 3 N–H and O–H groups in total. The van der Waals surface area contributed by atoms with Crippen LogP contribution in [0.25, 0.3) is 0 Å². The van der Waals surface area contributed by atoms with Crippen LogP contribution in [0.1, 0.15) is 12.8 Å². The number of amides is 1. The first-order chi connectivity index (χ1) is 9.31. The van der Waals surface area contributed by atoms with Gasteiger partial charge in [0, 0.05) is 13.0 Å². The SMILES string of the molecule is O=C(CC/C=N/CCOCCO)NCCOCCO. The molecule has 0 aromatic rings. The van der Waals surface area contributed by atoms with Gasteiger partial charge in [0.2, 0.25) is 5.91 Å². The molecule has 0 fully saturated rings. The van der Waals surface area contributed by atoms with Crippen LogP contribution >= 0.6 is 0 Å². The molecule has 0 saturated carbocycles. The number of nitrogens with one attached hydrogen (secondary N) is 1. The highest BCUT2D eigenvalue weighted by molar-refractivity contribution is 5.78. The fraction of sp³-hybridized carbons (Fsp3) is 0.833. The van der Waals surface area contributed by atoms with Crippen molar-refractivity contribution in [1.82, 2.24) is 5.32 Å². The van der Waals surface area contributed by atoms with Crippen molar-refractivity contribution in [3.8, 4) is 0 Å². The highest BCUT2D eigenvalue weighted by Gasteiger charge is 1.98. The summed E-state index contributed by atoms with van der Waals surface area (Å²) >= 11 is 0. The first-order valence-electron chi connectivity index (χ1n) is 6.43. The Balaban J connectivity index is 3.25. The van der Waals surface area contributed by atoms with E-state index in [-0.39, 0.29) is 19.1 Å². The standard InChI is InChI=1S/C12H24N2O5/c15-6-10-18-8-4-13-3-1-2-12(17)14-5-9-19-11-7-16/h3,15-16H,1-2,4-11H2,(H,14,17)/b13-3+. The van der Waals surface area contributed by atoms with E-state index in [0.717, 1.165) is 0 Å². The summed E-state index contributed by atoms with van der Waals surface area (Å²) in [5.41, 5.74) is 0. The number of aliphatic hydroxyl groups is 2. The summed E-state index contributed by atoms with van der Waals surface area (Å²) in [4.78, 5) is 15.4. The third-order valence-electron chi connectivity index (χ3n) is 2.03. The van der Waals surface area contributed by atoms with Gasteiger partial charge in [0.25, 0.3) is 0 Å². The van der Waals surface area contributed by atoms with Crippen LogP contribution in [-0.2, 0) is 14.3 Å². The van der Waals surface area contributed by atoms with Gasteiger partial charge in [0.15, 0.2) is 0 Å². The Morgan fingerprint density at radius 3 is 2.47 bits per heavy atom. The lowest BCUT2D eigenvalue weighted by Crippen LogP contribution is -2.27. The molecule has 0 rings (SSSR count). The van der Waals surface area contributed by atoms with Gasteiger partial charge in [0.1, 0.15) is 0 Å². The molecule has 0 bridgehead atoms. The number of aliphatic hydroxyl groups excluding tert-OH is 2. The molecule has 0 aromatic carbocycles. The fourth-order valence-corrected chi connectivity index (χ4v) is 1.18. The highest BCUT2D eigenvalue weighted by Crippen LogP contribution is 1.86. The maximum Gasteiger partial charge on any atom is 0.220 e. The van der Waals surface area contributed by atoms with E-state index in [1.54, 1.807) is 6.21 Å². The van der Waals surface area contributed by atoms with Crippen molar-refractivity contribution < 1.29 is 24.5 Å². The van der Waals surface area contributed by atoms with Gasteiger partial charge in [-0.05, 0) is 12.6 Å². The minimum Gasteiger partial charge on any atom is -0.394 e. The van der Waals surface area contributed by atoms with Crippen LogP contribution in [0.3, 0.4) is 0 Å². The second kappa shape index (κ2) is 15.0. The van der Waals surface area contributed by atoms with Gasteiger partial charge < -0.3 is 25.0 Å². The molecule has 112 valence electrons. The van der Waals surface area contributed by atoms with Crippen molar-refractivity contribution in [1.29, 1.82) is 0 Å². The van der Waals surface area contributed by atoms with E-state index in [4.69, 9.17) is 19.7 Å². The van der Waals surface area contributed by atoms with E-state index in [9.17, 15) is 4.79 Å². The molecule has 7 heteroatoms. The molecule has 0 aromatic heterocycles. The quantitative estimate of drug-likeness (QED) is 0.295. The van der Waals surface area contributed by atoms with Crippen LogP contribution in [-0.4, -0.2) is 75.1 Å². The van der Waals surface area contributed by atoms with Gasteiger partial charge in [-0.15, -0.1) is 0 Å². The van der Waals surface area contributed by atoms with E-state index in [2.05, 4.69) is 10.3 Å². The molecule has 7 nitrogen and oxygen atoms in total. The maximum absolute atomic E-state index is 11.3. The van der Waals surface area contributed by atoms with Crippen molar-refractivity contribution in [2.75, 3.05) is 52.7 Å². The lowest BCUT2D eigenvalue weighted by Gasteiger charge is -2.04. The minimum atomic E-state index is -0.0458. The van der Waals surface area contributed by atoms with E-state index in [1.807, 2.05) is 0 Å². The summed E-state index contributed by atoms with van der Waals surface area (Å²) in [6.07, 6.45) is 2.68. The second-order valence-electron chi connectivity index (χ2n) is 3.65. The molecular formula is C12H24N2O5. The molecule has 19 heavy (non-hydrogen) atoms. The Morgan fingerprint density at radius 1 is 1.11 bits per heavy atom. The lowest BCUT2D eigenvalue weighted by molar-refractivity contribution is -0.121. The summed E-state index contributed by atoms with van der Waals surface area (Å²) in [7, 11) is 0. The van der Waals surface area contributed by atoms with Gasteiger partial charge in [-0.25, -0.2) is 0 Å². The average Bonchev–Trinajstić information content (AvgIpc) is 2.41. The zero-order chi connectivity index (χ0) is 14.2. The molecule has 0 radical (unpaired) electrons. The van der Waals surface area contributed by atoms with Gasteiger partial charge in [0.05, 0.1) is 46.2 Å². The van der Waals surface area contributed by atoms with Gasteiger partial charge in [-0.1, -0.05) is 0 Å². The largest absolute Gasteiger partial charge is 0.394 e. The smallest absolute Gasteiger partial charge is 0.220 e.